The maximum absolute atomic E-state index is 13.9. The minimum absolute atomic E-state index is 0.152. The van der Waals surface area contributed by atoms with E-state index < -0.39 is 17.9 Å². The van der Waals surface area contributed by atoms with Crippen LogP contribution in [0.5, 0.6) is 0 Å². The minimum Gasteiger partial charge on any atom is -0.344 e. The molecule has 1 saturated heterocycles. The van der Waals surface area contributed by atoms with Crippen LogP contribution in [0.2, 0.25) is 10.0 Å². The van der Waals surface area contributed by atoms with Gasteiger partial charge in [0.15, 0.2) is 5.69 Å². The van der Waals surface area contributed by atoms with E-state index in [9.17, 15) is 18.0 Å². The number of rotatable bonds is 4. The first-order valence-corrected chi connectivity index (χ1v) is 12.8. The SMILES string of the molecule is CC1=C(C(=O)N2CCC(Cc3ccccc3)CC2)C(c2ccc(Cl)c(Cl)c2)n2nc(C(F)(F)F)cc2N1. The third kappa shape index (κ3) is 5.22. The third-order valence-corrected chi connectivity index (χ3v) is 7.76. The van der Waals surface area contributed by atoms with Crippen LogP contribution in [-0.2, 0) is 17.4 Å². The van der Waals surface area contributed by atoms with Crippen LogP contribution in [0.3, 0.4) is 0 Å². The predicted octanol–water partition coefficient (Wildman–Crippen LogP) is 6.98. The van der Waals surface area contributed by atoms with Gasteiger partial charge in [-0.2, -0.15) is 18.3 Å². The summed E-state index contributed by atoms with van der Waals surface area (Å²) in [5, 5.41) is 7.37. The maximum Gasteiger partial charge on any atom is 0.435 e. The highest BCUT2D eigenvalue weighted by atomic mass is 35.5. The van der Waals surface area contributed by atoms with Gasteiger partial charge in [0.05, 0.1) is 15.6 Å². The van der Waals surface area contributed by atoms with E-state index in [1.165, 1.54) is 10.2 Å². The summed E-state index contributed by atoms with van der Waals surface area (Å²) in [5.41, 5.74) is 1.57. The number of halogens is 5. The van der Waals surface area contributed by atoms with Crippen LogP contribution in [0.15, 0.2) is 65.9 Å². The van der Waals surface area contributed by atoms with Crippen molar-refractivity contribution in [3.05, 3.63) is 92.7 Å². The molecule has 3 aromatic rings. The average molecular weight is 549 g/mol. The van der Waals surface area contributed by atoms with Gasteiger partial charge in [-0.1, -0.05) is 59.6 Å². The zero-order valence-corrected chi connectivity index (χ0v) is 21.5. The Bertz CT molecular complexity index is 1350. The number of alkyl halides is 3. The Balaban J connectivity index is 1.44. The Morgan fingerprint density at radius 1 is 1.05 bits per heavy atom. The number of anilines is 1. The van der Waals surface area contributed by atoms with E-state index >= 15 is 0 Å². The van der Waals surface area contributed by atoms with E-state index in [1.807, 2.05) is 18.2 Å². The Kier molecular flexibility index (Phi) is 6.98. The summed E-state index contributed by atoms with van der Waals surface area (Å²) >= 11 is 12.4. The molecular weight excluding hydrogens is 524 g/mol. The van der Waals surface area contributed by atoms with Crippen molar-refractivity contribution in [2.24, 2.45) is 5.92 Å². The summed E-state index contributed by atoms with van der Waals surface area (Å²) in [6, 6.07) is 15.1. The molecule has 1 N–H and O–H groups in total. The molecule has 5 nitrogen and oxygen atoms in total. The topological polar surface area (TPSA) is 50.2 Å². The lowest BCUT2D eigenvalue weighted by Gasteiger charge is -2.36. The molecule has 0 bridgehead atoms. The van der Waals surface area contributed by atoms with Crippen LogP contribution in [0.25, 0.3) is 0 Å². The number of carbonyl (C=O) groups is 1. The molecule has 2 aromatic carbocycles. The van der Waals surface area contributed by atoms with Gasteiger partial charge >= 0.3 is 6.18 Å². The normalized spacial score (nSPS) is 18.5. The molecule has 2 aliphatic heterocycles. The molecule has 10 heteroatoms. The molecule has 2 aliphatic rings. The zero-order chi connectivity index (χ0) is 26.3. The fourth-order valence-electron chi connectivity index (χ4n) is 5.14. The van der Waals surface area contributed by atoms with Crippen LogP contribution in [0.4, 0.5) is 19.0 Å². The molecule has 194 valence electrons. The number of benzene rings is 2. The summed E-state index contributed by atoms with van der Waals surface area (Å²) in [6.07, 6.45) is -1.98. The molecule has 37 heavy (non-hydrogen) atoms. The van der Waals surface area contributed by atoms with Gasteiger partial charge in [0.25, 0.3) is 5.91 Å². The van der Waals surface area contributed by atoms with Gasteiger partial charge in [-0.3, -0.25) is 4.79 Å². The molecule has 1 fully saturated rings. The Labute approximate surface area is 222 Å². The number of hydrogen-bond acceptors (Lipinski definition) is 3. The van der Waals surface area contributed by atoms with Crippen LogP contribution in [-0.4, -0.2) is 33.7 Å². The summed E-state index contributed by atoms with van der Waals surface area (Å²) in [4.78, 5) is 15.7. The van der Waals surface area contributed by atoms with Crippen molar-refractivity contribution in [2.75, 3.05) is 18.4 Å². The summed E-state index contributed by atoms with van der Waals surface area (Å²) in [5.74, 6) is 0.386. The van der Waals surface area contributed by atoms with E-state index in [0.29, 0.717) is 40.9 Å². The second kappa shape index (κ2) is 10.1. The monoisotopic (exact) mass is 548 g/mol. The Morgan fingerprint density at radius 3 is 2.41 bits per heavy atom. The van der Waals surface area contributed by atoms with Gasteiger partial charge in [-0.15, -0.1) is 0 Å². The lowest BCUT2D eigenvalue weighted by atomic mass is 9.89. The molecule has 0 aliphatic carbocycles. The van der Waals surface area contributed by atoms with Crippen molar-refractivity contribution in [2.45, 2.75) is 38.4 Å². The van der Waals surface area contributed by atoms with Crippen molar-refractivity contribution >= 4 is 34.9 Å². The lowest BCUT2D eigenvalue weighted by Crippen LogP contribution is -2.42. The van der Waals surface area contributed by atoms with Crippen LogP contribution in [0, 0.1) is 5.92 Å². The molecule has 1 aromatic heterocycles. The quantitative estimate of drug-likeness (QED) is 0.382. The van der Waals surface area contributed by atoms with Gasteiger partial charge in [0.2, 0.25) is 0 Å². The molecule has 5 rings (SSSR count). The summed E-state index contributed by atoms with van der Waals surface area (Å²) < 4.78 is 41.8. The second-order valence-corrected chi connectivity index (χ2v) is 10.3. The van der Waals surface area contributed by atoms with E-state index in [2.05, 4.69) is 22.5 Å². The summed E-state index contributed by atoms with van der Waals surface area (Å²) in [7, 11) is 0. The van der Waals surface area contributed by atoms with E-state index in [0.717, 1.165) is 25.3 Å². The first kappa shape index (κ1) is 25.7. The number of aromatic nitrogens is 2. The lowest BCUT2D eigenvalue weighted by molar-refractivity contribution is -0.141. The number of hydrogen-bond donors (Lipinski definition) is 1. The number of carbonyl (C=O) groups excluding carboxylic acids is 1. The number of likely N-dealkylation sites (tertiary alicyclic amines) is 1. The van der Waals surface area contributed by atoms with Gasteiger partial charge in [-0.25, -0.2) is 4.68 Å². The standard InChI is InChI=1S/C27H25Cl2F3N4O/c1-16-24(26(37)35-11-9-18(10-12-35)13-17-5-3-2-4-6-17)25(19-7-8-20(28)21(29)14-19)36-23(33-16)15-22(34-36)27(30,31)32/h2-8,14-15,18,25,33H,9-13H2,1H3. The third-order valence-electron chi connectivity index (χ3n) is 7.02. The van der Waals surface area contributed by atoms with Crippen molar-refractivity contribution in [3.8, 4) is 0 Å². The smallest absolute Gasteiger partial charge is 0.344 e. The number of allylic oxidation sites excluding steroid dienone is 1. The van der Waals surface area contributed by atoms with E-state index in [-0.39, 0.29) is 16.7 Å². The zero-order valence-electron chi connectivity index (χ0n) is 20.0. The Hall–Kier alpha value is -2.97. The fraction of sp³-hybridized carbons (Fsp3) is 0.333. The molecule has 1 amide bonds. The van der Waals surface area contributed by atoms with Gasteiger partial charge in [0.1, 0.15) is 11.9 Å². The molecule has 1 unspecified atom stereocenters. The van der Waals surface area contributed by atoms with E-state index in [1.54, 1.807) is 30.0 Å². The second-order valence-electron chi connectivity index (χ2n) is 9.52. The Morgan fingerprint density at radius 2 is 1.76 bits per heavy atom. The van der Waals surface area contributed by atoms with Crippen LogP contribution < -0.4 is 5.32 Å². The highest BCUT2D eigenvalue weighted by Crippen LogP contribution is 2.41. The molecular formula is C27H25Cl2F3N4O. The molecule has 1 atom stereocenters. The molecule has 3 heterocycles. The number of nitrogens with zero attached hydrogens (tertiary/aromatic N) is 3. The summed E-state index contributed by atoms with van der Waals surface area (Å²) in [6.45, 7) is 2.84. The average Bonchev–Trinajstić information content (AvgIpc) is 3.30. The van der Waals surface area contributed by atoms with Crippen molar-refractivity contribution in [1.29, 1.82) is 0 Å². The minimum atomic E-state index is -4.63. The highest BCUT2D eigenvalue weighted by molar-refractivity contribution is 6.42. The number of piperidine rings is 1. The molecule has 0 radical (unpaired) electrons. The predicted molar refractivity (Wildman–Crippen MR) is 138 cm³/mol. The fourth-order valence-corrected chi connectivity index (χ4v) is 5.44. The van der Waals surface area contributed by atoms with Crippen LogP contribution in [0.1, 0.15) is 42.6 Å². The van der Waals surface area contributed by atoms with Crippen molar-refractivity contribution in [1.82, 2.24) is 14.7 Å². The van der Waals surface area contributed by atoms with Crippen molar-refractivity contribution < 1.29 is 18.0 Å². The van der Waals surface area contributed by atoms with Gasteiger partial charge in [0, 0.05) is 24.9 Å². The van der Waals surface area contributed by atoms with Crippen LogP contribution >= 0.6 is 23.2 Å². The first-order chi connectivity index (χ1) is 17.6. The van der Waals surface area contributed by atoms with Crippen molar-refractivity contribution in [3.63, 3.8) is 0 Å². The highest BCUT2D eigenvalue weighted by Gasteiger charge is 2.41. The first-order valence-electron chi connectivity index (χ1n) is 12.0. The number of fused-ring (bicyclic) bond motifs is 1. The van der Waals surface area contributed by atoms with Gasteiger partial charge < -0.3 is 10.2 Å². The molecule has 0 spiro atoms. The number of amides is 1. The maximum atomic E-state index is 13.9. The molecule has 0 saturated carbocycles. The van der Waals surface area contributed by atoms with Gasteiger partial charge in [-0.05, 0) is 55.4 Å². The largest absolute Gasteiger partial charge is 0.435 e. The number of nitrogens with one attached hydrogen (secondary N) is 1. The van der Waals surface area contributed by atoms with E-state index in [4.69, 9.17) is 23.2 Å².